The average molecular weight is 305 g/mol. The van der Waals surface area contributed by atoms with E-state index in [1.54, 1.807) is 12.1 Å². The molecule has 0 bridgehead atoms. The summed E-state index contributed by atoms with van der Waals surface area (Å²) in [6, 6.07) is 6.97. The van der Waals surface area contributed by atoms with Gasteiger partial charge in [-0.3, -0.25) is 4.79 Å². The van der Waals surface area contributed by atoms with Gasteiger partial charge in [0, 0.05) is 36.8 Å². The number of nitrogens with zero attached hydrogens (tertiary/aromatic N) is 1. The number of hydrogen-bond acceptors (Lipinski definition) is 3. The number of rotatable bonds is 3. The molecule has 0 aromatic heterocycles. The summed E-state index contributed by atoms with van der Waals surface area (Å²) >= 11 is 0. The van der Waals surface area contributed by atoms with Crippen LogP contribution in [0.4, 0.5) is 10.1 Å². The first kappa shape index (κ1) is 15.3. The topological polar surface area (TPSA) is 58.4 Å². The number of benzene rings is 1. The van der Waals surface area contributed by atoms with E-state index in [-0.39, 0.29) is 29.7 Å². The molecule has 0 radical (unpaired) electrons. The van der Waals surface area contributed by atoms with E-state index in [0.717, 1.165) is 50.9 Å². The van der Waals surface area contributed by atoms with E-state index in [1.807, 2.05) is 6.07 Å². The number of halogens is 1. The number of carbonyl (C=O) groups is 1. The van der Waals surface area contributed by atoms with Gasteiger partial charge in [0.2, 0.25) is 5.91 Å². The molecule has 1 aliphatic carbocycles. The minimum absolute atomic E-state index is 0.0690. The van der Waals surface area contributed by atoms with Crippen molar-refractivity contribution >= 4 is 11.6 Å². The Labute approximate surface area is 130 Å². The van der Waals surface area contributed by atoms with Gasteiger partial charge in [-0.05, 0) is 50.3 Å². The summed E-state index contributed by atoms with van der Waals surface area (Å²) < 4.78 is 13.4. The maximum Gasteiger partial charge on any atom is 0.223 e. The van der Waals surface area contributed by atoms with Crippen LogP contribution in [0.3, 0.4) is 0 Å². The average Bonchev–Trinajstić information content (AvgIpc) is 2.94. The first-order valence-corrected chi connectivity index (χ1v) is 8.18. The molecule has 1 heterocycles. The van der Waals surface area contributed by atoms with E-state index >= 15 is 0 Å². The minimum Gasteiger partial charge on any atom is -0.369 e. The Morgan fingerprint density at radius 3 is 2.91 bits per heavy atom. The fourth-order valence-electron chi connectivity index (χ4n) is 3.58. The summed E-state index contributed by atoms with van der Waals surface area (Å²) in [7, 11) is 0. The monoisotopic (exact) mass is 305 g/mol. The molecule has 5 heteroatoms. The number of amides is 1. The lowest BCUT2D eigenvalue weighted by molar-refractivity contribution is -0.125. The first-order valence-electron chi connectivity index (χ1n) is 8.18. The largest absolute Gasteiger partial charge is 0.369 e. The van der Waals surface area contributed by atoms with E-state index in [1.165, 1.54) is 6.07 Å². The molecule has 2 fully saturated rings. The van der Waals surface area contributed by atoms with Gasteiger partial charge in [-0.25, -0.2) is 4.39 Å². The molecule has 1 amide bonds. The smallest absolute Gasteiger partial charge is 0.223 e. The molecule has 3 N–H and O–H groups in total. The highest BCUT2D eigenvalue weighted by molar-refractivity contribution is 5.79. The summed E-state index contributed by atoms with van der Waals surface area (Å²) in [6.07, 6.45) is 4.62. The van der Waals surface area contributed by atoms with Gasteiger partial charge in [0.05, 0.1) is 0 Å². The molecule has 22 heavy (non-hydrogen) atoms. The lowest BCUT2D eigenvalue weighted by Gasteiger charge is -2.35. The highest BCUT2D eigenvalue weighted by Crippen LogP contribution is 2.25. The zero-order chi connectivity index (χ0) is 15.5. The van der Waals surface area contributed by atoms with Gasteiger partial charge in [-0.2, -0.15) is 0 Å². The second-order valence-electron chi connectivity index (χ2n) is 6.54. The van der Waals surface area contributed by atoms with Crippen molar-refractivity contribution in [2.24, 2.45) is 11.7 Å². The fourth-order valence-corrected chi connectivity index (χ4v) is 3.58. The molecule has 1 aromatic rings. The molecule has 1 aromatic carbocycles. The predicted molar refractivity (Wildman–Crippen MR) is 85.1 cm³/mol. The second kappa shape index (κ2) is 6.65. The van der Waals surface area contributed by atoms with Crippen LogP contribution in [0, 0.1) is 11.7 Å². The molecule has 1 aliphatic heterocycles. The fraction of sp³-hybridized carbons (Fsp3) is 0.588. The Hall–Kier alpha value is -1.62. The zero-order valence-electron chi connectivity index (χ0n) is 12.8. The van der Waals surface area contributed by atoms with Crippen LogP contribution in [-0.2, 0) is 4.79 Å². The van der Waals surface area contributed by atoms with Gasteiger partial charge < -0.3 is 16.0 Å². The summed E-state index contributed by atoms with van der Waals surface area (Å²) in [6.45, 7) is 1.65. The van der Waals surface area contributed by atoms with E-state index in [9.17, 15) is 9.18 Å². The lowest BCUT2D eigenvalue weighted by atomic mass is 10.0. The van der Waals surface area contributed by atoms with Crippen LogP contribution >= 0.6 is 0 Å². The normalized spacial score (nSPS) is 28.6. The first-order chi connectivity index (χ1) is 10.6. The second-order valence-corrected chi connectivity index (χ2v) is 6.54. The lowest BCUT2D eigenvalue weighted by Crippen LogP contribution is -2.49. The van der Waals surface area contributed by atoms with Crippen molar-refractivity contribution in [3.05, 3.63) is 30.1 Å². The van der Waals surface area contributed by atoms with Gasteiger partial charge in [0.15, 0.2) is 0 Å². The molecular formula is C17H24FN3O. The number of nitrogens with one attached hydrogen (secondary N) is 1. The third-order valence-corrected chi connectivity index (χ3v) is 4.79. The van der Waals surface area contributed by atoms with Gasteiger partial charge in [-0.1, -0.05) is 6.07 Å². The summed E-state index contributed by atoms with van der Waals surface area (Å²) in [5, 5.41) is 3.17. The van der Waals surface area contributed by atoms with Crippen LogP contribution in [0.5, 0.6) is 0 Å². The molecule has 3 rings (SSSR count). The van der Waals surface area contributed by atoms with E-state index in [4.69, 9.17) is 5.73 Å². The van der Waals surface area contributed by atoms with Crippen LogP contribution in [0.25, 0.3) is 0 Å². The van der Waals surface area contributed by atoms with Crippen molar-refractivity contribution in [2.45, 2.75) is 44.2 Å². The Morgan fingerprint density at radius 1 is 1.32 bits per heavy atom. The third-order valence-electron chi connectivity index (χ3n) is 4.79. The standard InChI is InChI=1S/C17H24FN3O/c18-13-3-1-5-16(10-13)21-8-2-4-15(11-21)20-17(22)12-6-7-14(19)9-12/h1,3,5,10,12,14-15H,2,4,6-9,11,19H2,(H,20,22). The molecule has 0 spiro atoms. The van der Waals surface area contributed by atoms with Crippen molar-refractivity contribution in [3.8, 4) is 0 Å². The number of piperidine rings is 1. The van der Waals surface area contributed by atoms with E-state index in [2.05, 4.69) is 10.2 Å². The quantitative estimate of drug-likeness (QED) is 0.898. The van der Waals surface area contributed by atoms with E-state index < -0.39 is 0 Å². The highest BCUT2D eigenvalue weighted by Gasteiger charge is 2.30. The third kappa shape index (κ3) is 3.58. The number of nitrogens with two attached hydrogens (primary N) is 1. The van der Waals surface area contributed by atoms with E-state index in [0.29, 0.717) is 0 Å². The summed E-state index contributed by atoms with van der Waals surface area (Å²) in [5.74, 6) is -0.0119. The van der Waals surface area contributed by atoms with Gasteiger partial charge >= 0.3 is 0 Å². The number of carbonyl (C=O) groups excluding carboxylic acids is 1. The molecule has 1 saturated heterocycles. The Balaban J connectivity index is 1.57. The molecule has 2 aliphatic rings. The number of anilines is 1. The van der Waals surface area contributed by atoms with Gasteiger partial charge in [-0.15, -0.1) is 0 Å². The maximum atomic E-state index is 13.4. The predicted octanol–water partition coefficient (Wildman–Crippen LogP) is 2.04. The Kier molecular flexibility index (Phi) is 4.62. The van der Waals surface area contributed by atoms with Crippen molar-refractivity contribution in [2.75, 3.05) is 18.0 Å². The van der Waals surface area contributed by atoms with Crippen molar-refractivity contribution in [1.29, 1.82) is 0 Å². The van der Waals surface area contributed by atoms with Crippen molar-refractivity contribution in [1.82, 2.24) is 5.32 Å². The zero-order valence-corrected chi connectivity index (χ0v) is 12.8. The number of hydrogen-bond donors (Lipinski definition) is 2. The molecule has 1 saturated carbocycles. The maximum absolute atomic E-state index is 13.4. The molecule has 3 atom stereocenters. The SMILES string of the molecule is NC1CCC(C(=O)NC2CCCN(c3cccc(F)c3)C2)C1. The molecule has 120 valence electrons. The molecular weight excluding hydrogens is 281 g/mol. The van der Waals surface area contributed by atoms with Crippen LogP contribution < -0.4 is 16.0 Å². The minimum atomic E-state index is -0.219. The van der Waals surface area contributed by atoms with Crippen molar-refractivity contribution < 1.29 is 9.18 Å². The Bertz CT molecular complexity index is 536. The highest BCUT2D eigenvalue weighted by atomic mass is 19.1. The molecule has 3 unspecified atom stereocenters. The Morgan fingerprint density at radius 2 is 2.18 bits per heavy atom. The summed E-state index contributed by atoms with van der Waals surface area (Å²) in [5.41, 5.74) is 6.78. The van der Waals surface area contributed by atoms with Crippen LogP contribution in [0.1, 0.15) is 32.1 Å². The van der Waals surface area contributed by atoms with Crippen LogP contribution in [0.15, 0.2) is 24.3 Å². The van der Waals surface area contributed by atoms with Crippen LogP contribution in [0.2, 0.25) is 0 Å². The molecule has 4 nitrogen and oxygen atoms in total. The van der Waals surface area contributed by atoms with Gasteiger partial charge in [0.25, 0.3) is 0 Å². The van der Waals surface area contributed by atoms with Gasteiger partial charge in [0.1, 0.15) is 5.82 Å². The summed E-state index contributed by atoms with van der Waals surface area (Å²) in [4.78, 5) is 14.5. The van der Waals surface area contributed by atoms with Crippen LogP contribution in [-0.4, -0.2) is 31.1 Å². The van der Waals surface area contributed by atoms with Crippen molar-refractivity contribution in [3.63, 3.8) is 0 Å².